The van der Waals surface area contributed by atoms with Gasteiger partial charge < -0.3 is 10.1 Å². The van der Waals surface area contributed by atoms with Crippen molar-refractivity contribution in [3.05, 3.63) is 64.8 Å². The van der Waals surface area contributed by atoms with Crippen LogP contribution in [0.3, 0.4) is 0 Å². The molecule has 3 aromatic rings. The first kappa shape index (κ1) is 20.5. The third-order valence-electron chi connectivity index (χ3n) is 5.40. The van der Waals surface area contributed by atoms with E-state index in [1.807, 2.05) is 37.3 Å². The van der Waals surface area contributed by atoms with E-state index in [4.69, 9.17) is 4.74 Å². The van der Waals surface area contributed by atoms with Crippen LogP contribution < -0.4 is 10.1 Å². The maximum absolute atomic E-state index is 13.0. The van der Waals surface area contributed by atoms with Crippen molar-refractivity contribution in [3.8, 4) is 16.5 Å². The van der Waals surface area contributed by atoms with Gasteiger partial charge in [0.1, 0.15) is 15.6 Å². The first-order valence-electron chi connectivity index (χ1n) is 10.2. The summed E-state index contributed by atoms with van der Waals surface area (Å²) in [6.45, 7) is 4.50. The van der Waals surface area contributed by atoms with E-state index in [2.05, 4.69) is 32.3 Å². The van der Waals surface area contributed by atoms with Crippen molar-refractivity contribution in [2.75, 3.05) is 26.7 Å². The number of rotatable bonds is 7. The van der Waals surface area contributed by atoms with Gasteiger partial charge in [0, 0.05) is 12.7 Å². The van der Waals surface area contributed by atoms with Gasteiger partial charge in [-0.15, -0.1) is 11.3 Å². The lowest BCUT2D eigenvalue weighted by molar-refractivity contribution is 0.0941. The molecule has 1 atom stereocenters. The summed E-state index contributed by atoms with van der Waals surface area (Å²) < 4.78 is 5.40. The Kier molecular flexibility index (Phi) is 6.40. The molecule has 6 nitrogen and oxygen atoms in total. The second kappa shape index (κ2) is 9.36. The molecular weight excluding hydrogens is 396 g/mol. The summed E-state index contributed by atoms with van der Waals surface area (Å²) in [6.07, 6.45) is 4.12. The number of carbonyl (C=O) groups is 1. The van der Waals surface area contributed by atoms with Gasteiger partial charge in [-0.3, -0.25) is 14.7 Å². The Balaban J connectivity index is 1.51. The van der Waals surface area contributed by atoms with Gasteiger partial charge in [-0.05, 0) is 62.7 Å². The molecule has 3 heterocycles. The number of carbonyl (C=O) groups excluding carboxylic acids is 1. The van der Waals surface area contributed by atoms with Crippen molar-refractivity contribution in [3.63, 3.8) is 0 Å². The number of hydrogen-bond donors (Lipinski definition) is 1. The zero-order chi connectivity index (χ0) is 20.9. The third-order valence-corrected chi connectivity index (χ3v) is 6.58. The minimum absolute atomic E-state index is 0.0840. The van der Waals surface area contributed by atoms with E-state index in [9.17, 15) is 4.79 Å². The summed E-state index contributed by atoms with van der Waals surface area (Å²) in [4.78, 5) is 25.0. The highest BCUT2D eigenvalue weighted by Crippen LogP contribution is 2.29. The Bertz CT molecular complexity index is 999. The lowest BCUT2D eigenvalue weighted by Gasteiger charge is -2.28. The molecule has 4 rings (SSSR count). The highest BCUT2D eigenvalue weighted by atomic mass is 32.1. The van der Waals surface area contributed by atoms with Crippen LogP contribution in [0.4, 0.5) is 0 Å². The van der Waals surface area contributed by atoms with Gasteiger partial charge in [-0.2, -0.15) is 0 Å². The molecule has 2 aromatic heterocycles. The molecule has 1 fully saturated rings. The van der Waals surface area contributed by atoms with E-state index in [1.165, 1.54) is 24.2 Å². The van der Waals surface area contributed by atoms with Crippen molar-refractivity contribution in [2.24, 2.45) is 0 Å². The van der Waals surface area contributed by atoms with E-state index in [0.717, 1.165) is 40.8 Å². The van der Waals surface area contributed by atoms with Crippen molar-refractivity contribution in [1.29, 1.82) is 0 Å². The molecule has 7 heteroatoms. The van der Waals surface area contributed by atoms with Crippen LogP contribution in [0.2, 0.25) is 0 Å². The van der Waals surface area contributed by atoms with Crippen LogP contribution in [0, 0.1) is 6.92 Å². The fourth-order valence-electron chi connectivity index (χ4n) is 3.84. The van der Waals surface area contributed by atoms with Gasteiger partial charge >= 0.3 is 0 Å². The average Bonchev–Trinajstić information content (AvgIpc) is 3.45. The van der Waals surface area contributed by atoms with Crippen LogP contribution >= 0.6 is 11.3 Å². The standard InChI is InChI=1S/C23H26N4O2S/c1-16-21(30-23(26-16)19-10-3-4-11-24-19)22(28)25-15-20(27-12-5-6-13-27)17-8-7-9-18(14-17)29-2/h3-4,7-11,14,20H,5-6,12-13,15H2,1-2H3,(H,25,28)/t20-/m0/s1. The molecule has 0 saturated carbocycles. The number of pyridine rings is 1. The second-order valence-electron chi connectivity index (χ2n) is 7.39. The molecule has 0 aliphatic carbocycles. The minimum Gasteiger partial charge on any atom is -0.497 e. The smallest absolute Gasteiger partial charge is 0.263 e. The van der Waals surface area contributed by atoms with E-state index >= 15 is 0 Å². The lowest BCUT2D eigenvalue weighted by Crippen LogP contribution is -2.36. The summed E-state index contributed by atoms with van der Waals surface area (Å²) in [5.74, 6) is 0.751. The predicted octanol–water partition coefficient (Wildman–Crippen LogP) is 4.09. The fourth-order valence-corrected chi connectivity index (χ4v) is 4.79. The Morgan fingerprint density at radius 1 is 1.23 bits per heavy atom. The molecule has 156 valence electrons. The average molecular weight is 423 g/mol. The van der Waals surface area contributed by atoms with Gasteiger partial charge in [0.25, 0.3) is 5.91 Å². The van der Waals surface area contributed by atoms with Gasteiger partial charge in [0.15, 0.2) is 0 Å². The number of nitrogens with zero attached hydrogens (tertiary/aromatic N) is 3. The zero-order valence-electron chi connectivity index (χ0n) is 17.3. The number of hydrogen-bond acceptors (Lipinski definition) is 6. The third kappa shape index (κ3) is 4.52. The Hall–Kier alpha value is -2.77. The normalized spacial score (nSPS) is 15.1. The lowest BCUT2D eigenvalue weighted by atomic mass is 10.0. The maximum atomic E-state index is 13.0. The molecule has 0 spiro atoms. The monoisotopic (exact) mass is 422 g/mol. The number of thiazole rings is 1. The number of likely N-dealkylation sites (tertiary alicyclic amines) is 1. The number of aromatic nitrogens is 2. The van der Waals surface area contributed by atoms with E-state index in [0.29, 0.717) is 11.4 Å². The number of ether oxygens (including phenoxy) is 1. The molecule has 0 radical (unpaired) electrons. The molecule has 1 aliphatic heterocycles. The van der Waals surface area contributed by atoms with Crippen molar-refractivity contribution in [1.82, 2.24) is 20.2 Å². The zero-order valence-corrected chi connectivity index (χ0v) is 18.1. The first-order chi connectivity index (χ1) is 14.7. The van der Waals surface area contributed by atoms with Crippen LogP contribution in [0.1, 0.15) is 39.8 Å². The molecule has 1 aromatic carbocycles. The number of aryl methyl sites for hydroxylation is 1. The Labute approximate surface area is 180 Å². The van der Waals surface area contributed by atoms with Gasteiger partial charge in [-0.1, -0.05) is 18.2 Å². The molecule has 0 bridgehead atoms. The van der Waals surface area contributed by atoms with Gasteiger partial charge in [0.2, 0.25) is 0 Å². The van der Waals surface area contributed by atoms with Crippen LogP contribution in [-0.2, 0) is 0 Å². The molecule has 1 amide bonds. The van der Waals surface area contributed by atoms with Crippen LogP contribution in [0.25, 0.3) is 10.7 Å². The minimum atomic E-state index is -0.0840. The number of methoxy groups -OCH3 is 1. The Morgan fingerprint density at radius 2 is 2.07 bits per heavy atom. The molecule has 0 unspecified atom stereocenters. The second-order valence-corrected chi connectivity index (χ2v) is 8.39. The molecule has 1 aliphatic rings. The highest BCUT2D eigenvalue weighted by Gasteiger charge is 2.25. The number of nitrogens with one attached hydrogen (secondary N) is 1. The van der Waals surface area contributed by atoms with Crippen molar-refractivity contribution < 1.29 is 9.53 Å². The first-order valence-corrected chi connectivity index (χ1v) is 11.0. The summed E-state index contributed by atoms with van der Waals surface area (Å²) in [5.41, 5.74) is 2.68. The molecular formula is C23H26N4O2S. The van der Waals surface area contributed by atoms with Crippen molar-refractivity contribution in [2.45, 2.75) is 25.8 Å². The van der Waals surface area contributed by atoms with E-state index < -0.39 is 0 Å². The quantitative estimate of drug-likeness (QED) is 0.621. The largest absolute Gasteiger partial charge is 0.497 e. The number of benzene rings is 1. The SMILES string of the molecule is COc1cccc([C@H](CNC(=O)c2sc(-c3ccccn3)nc2C)N2CCCC2)c1. The van der Waals surface area contributed by atoms with E-state index in [1.54, 1.807) is 13.3 Å². The van der Waals surface area contributed by atoms with Crippen molar-refractivity contribution >= 4 is 17.2 Å². The molecule has 1 N–H and O–H groups in total. The number of amides is 1. The summed E-state index contributed by atoms with van der Waals surface area (Å²) >= 11 is 1.39. The summed E-state index contributed by atoms with van der Waals surface area (Å²) in [7, 11) is 1.68. The van der Waals surface area contributed by atoms with Crippen LogP contribution in [0.15, 0.2) is 48.7 Å². The summed E-state index contributed by atoms with van der Waals surface area (Å²) in [6, 6.07) is 13.9. The van der Waals surface area contributed by atoms with Gasteiger partial charge in [0.05, 0.1) is 24.5 Å². The highest BCUT2D eigenvalue weighted by molar-refractivity contribution is 7.17. The molecule has 30 heavy (non-hydrogen) atoms. The molecule has 1 saturated heterocycles. The topological polar surface area (TPSA) is 67.3 Å². The maximum Gasteiger partial charge on any atom is 0.263 e. The van der Waals surface area contributed by atoms with E-state index in [-0.39, 0.29) is 11.9 Å². The Morgan fingerprint density at radius 3 is 2.80 bits per heavy atom. The predicted molar refractivity (Wildman–Crippen MR) is 119 cm³/mol. The van der Waals surface area contributed by atoms with Crippen LogP contribution in [0.5, 0.6) is 5.75 Å². The van der Waals surface area contributed by atoms with Gasteiger partial charge in [-0.25, -0.2) is 4.98 Å². The summed E-state index contributed by atoms with van der Waals surface area (Å²) in [5, 5.41) is 3.91. The van der Waals surface area contributed by atoms with Crippen LogP contribution in [-0.4, -0.2) is 47.5 Å². The fraction of sp³-hybridized carbons (Fsp3) is 0.348.